The van der Waals surface area contributed by atoms with E-state index in [0.29, 0.717) is 23.3 Å². The lowest BCUT2D eigenvalue weighted by atomic mass is 10.4. The van der Waals surface area contributed by atoms with Crippen molar-refractivity contribution in [2.24, 2.45) is 0 Å². The van der Waals surface area contributed by atoms with E-state index in [1.165, 1.54) is 11.8 Å². The van der Waals surface area contributed by atoms with Gasteiger partial charge in [-0.1, -0.05) is 30.3 Å². The van der Waals surface area contributed by atoms with Gasteiger partial charge in [-0.25, -0.2) is 9.89 Å². The summed E-state index contributed by atoms with van der Waals surface area (Å²) in [5.41, 5.74) is -0.237. The molecule has 9 heteroatoms. The molecule has 0 spiro atoms. The van der Waals surface area contributed by atoms with Gasteiger partial charge in [0, 0.05) is 28.8 Å². The number of nitrogens with one attached hydrogen (secondary N) is 2. The van der Waals surface area contributed by atoms with Crippen LogP contribution in [0.1, 0.15) is 13.3 Å². The number of carbonyl (C=O) groups excluding carboxylic acids is 1. The molecule has 2 rings (SSSR count). The first-order chi connectivity index (χ1) is 11.6. The first kappa shape index (κ1) is 19.0. The van der Waals surface area contributed by atoms with Gasteiger partial charge >= 0.3 is 5.69 Å². The van der Waals surface area contributed by atoms with Crippen molar-refractivity contribution in [2.45, 2.75) is 29.9 Å². The zero-order chi connectivity index (χ0) is 17.4. The predicted octanol–water partition coefficient (Wildman–Crippen LogP) is 2.64. The summed E-state index contributed by atoms with van der Waals surface area (Å²) >= 11 is 8.75. The van der Waals surface area contributed by atoms with E-state index in [-0.39, 0.29) is 17.3 Å². The van der Waals surface area contributed by atoms with Crippen LogP contribution in [0.15, 0.2) is 39.1 Å². The average molecular weight is 387 g/mol. The first-order valence-corrected chi connectivity index (χ1v) is 9.88. The number of aromatic amines is 1. The Kier molecular flexibility index (Phi) is 7.74. The summed E-state index contributed by atoms with van der Waals surface area (Å²) in [6, 6.07) is 7.60. The summed E-state index contributed by atoms with van der Waals surface area (Å²) in [4.78, 5) is 24.5. The lowest BCUT2D eigenvalue weighted by Crippen LogP contribution is -2.27. The molecule has 0 bridgehead atoms. The zero-order valence-electron chi connectivity index (χ0n) is 13.3. The van der Waals surface area contributed by atoms with Crippen molar-refractivity contribution in [3.8, 4) is 0 Å². The molecule has 130 valence electrons. The van der Waals surface area contributed by atoms with Crippen LogP contribution in [0.3, 0.4) is 0 Å². The fourth-order valence-corrected chi connectivity index (χ4v) is 3.60. The number of nitrogens with zero attached hydrogens (tertiary/aromatic N) is 2. The van der Waals surface area contributed by atoms with Gasteiger partial charge in [-0.15, -0.1) is 16.9 Å². The second-order valence-corrected chi connectivity index (χ2v) is 7.45. The molecule has 0 aliphatic rings. The number of aromatic nitrogens is 3. The molecule has 1 aromatic carbocycles. The Morgan fingerprint density at radius 3 is 2.79 bits per heavy atom. The van der Waals surface area contributed by atoms with E-state index >= 15 is 0 Å². The summed E-state index contributed by atoms with van der Waals surface area (Å²) < 4.78 is 1.55. The number of benzene rings is 1. The third-order valence-corrected chi connectivity index (χ3v) is 5.25. The van der Waals surface area contributed by atoms with Gasteiger partial charge in [0.05, 0.1) is 5.75 Å². The maximum absolute atomic E-state index is 11.9. The van der Waals surface area contributed by atoms with Gasteiger partial charge in [0.1, 0.15) is 0 Å². The maximum Gasteiger partial charge on any atom is 0.343 e. The van der Waals surface area contributed by atoms with Crippen LogP contribution in [0.25, 0.3) is 0 Å². The zero-order valence-corrected chi connectivity index (χ0v) is 15.6. The number of amides is 1. The Balaban J connectivity index is 1.68. The highest BCUT2D eigenvalue weighted by atomic mass is 35.5. The molecule has 0 unspecified atom stereocenters. The monoisotopic (exact) mass is 386 g/mol. The molecule has 2 aromatic rings. The van der Waals surface area contributed by atoms with Crippen LogP contribution in [0.5, 0.6) is 0 Å². The van der Waals surface area contributed by atoms with Gasteiger partial charge in [0.15, 0.2) is 5.16 Å². The minimum atomic E-state index is -0.237. The van der Waals surface area contributed by atoms with E-state index in [2.05, 4.69) is 15.5 Å². The Bertz CT molecular complexity index is 715. The molecule has 1 amide bonds. The van der Waals surface area contributed by atoms with Crippen LogP contribution in [0, 0.1) is 0 Å². The van der Waals surface area contributed by atoms with Crippen molar-refractivity contribution >= 4 is 41.0 Å². The lowest BCUT2D eigenvalue weighted by molar-refractivity contribution is -0.118. The van der Waals surface area contributed by atoms with Crippen molar-refractivity contribution < 1.29 is 4.79 Å². The van der Waals surface area contributed by atoms with Gasteiger partial charge in [-0.2, -0.15) is 0 Å². The Morgan fingerprint density at radius 2 is 2.08 bits per heavy atom. The molecule has 0 saturated heterocycles. The maximum atomic E-state index is 11.9. The molecular weight excluding hydrogens is 368 g/mol. The normalized spacial score (nSPS) is 10.8. The van der Waals surface area contributed by atoms with Crippen molar-refractivity contribution in [3.63, 3.8) is 0 Å². The fraction of sp³-hybridized carbons (Fsp3) is 0.400. The highest BCUT2D eigenvalue weighted by molar-refractivity contribution is 7.99. The van der Waals surface area contributed by atoms with Crippen LogP contribution >= 0.6 is 35.1 Å². The van der Waals surface area contributed by atoms with Crippen molar-refractivity contribution in [1.29, 1.82) is 0 Å². The molecule has 1 aromatic heterocycles. The average Bonchev–Trinajstić information content (AvgIpc) is 2.92. The number of H-pyrrole nitrogens is 1. The van der Waals surface area contributed by atoms with E-state index in [1.807, 2.05) is 31.2 Å². The van der Waals surface area contributed by atoms with E-state index < -0.39 is 0 Å². The summed E-state index contributed by atoms with van der Waals surface area (Å²) in [6.07, 6.45) is 0.834. The molecule has 1 heterocycles. The second-order valence-electron chi connectivity index (χ2n) is 4.90. The highest BCUT2D eigenvalue weighted by Crippen LogP contribution is 2.19. The minimum absolute atomic E-state index is 0.0739. The molecule has 0 radical (unpaired) electrons. The number of hydrogen-bond donors (Lipinski definition) is 2. The van der Waals surface area contributed by atoms with E-state index in [9.17, 15) is 9.59 Å². The number of halogens is 1. The van der Waals surface area contributed by atoms with Crippen molar-refractivity contribution in [3.05, 3.63) is 39.8 Å². The van der Waals surface area contributed by atoms with Crippen molar-refractivity contribution in [2.75, 3.05) is 18.1 Å². The topological polar surface area (TPSA) is 79.8 Å². The first-order valence-electron chi connectivity index (χ1n) is 7.53. The fourth-order valence-electron chi connectivity index (χ4n) is 1.91. The SMILES string of the molecule is CCCn1c(SCC(=O)NCCSc2ccc(Cl)cc2)n[nH]c1=O. The van der Waals surface area contributed by atoms with Crippen LogP contribution < -0.4 is 11.0 Å². The molecule has 0 atom stereocenters. The summed E-state index contributed by atoms with van der Waals surface area (Å²) in [7, 11) is 0. The molecular formula is C15H19ClN4O2S2. The smallest absolute Gasteiger partial charge is 0.343 e. The molecule has 0 aliphatic heterocycles. The largest absolute Gasteiger partial charge is 0.355 e. The van der Waals surface area contributed by atoms with Crippen LogP contribution in [-0.4, -0.2) is 38.7 Å². The minimum Gasteiger partial charge on any atom is -0.355 e. The second kappa shape index (κ2) is 9.80. The molecule has 0 saturated carbocycles. The molecule has 0 fully saturated rings. The summed E-state index contributed by atoms with van der Waals surface area (Å²) in [5, 5.41) is 10.5. The van der Waals surface area contributed by atoms with Gasteiger partial charge in [-0.05, 0) is 30.7 Å². The number of carbonyl (C=O) groups is 1. The van der Waals surface area contributed by atoms with Crippen molar-refractivity contribution in [1.82, 2.24) is 20.1 Å². The van der Waals surface area contributed by atoms with Gasteiger partial charge in [0.25, 0.3) is 0 Å². The summed E-state index contributed by atoms with van der Waals surface area (Å²) in [5.74, 6) is 0.941. The van der Waals surface area contributed by atoms with Gasteiger partial charge < -0.3 is 5.32 Å². The van der Waals surface area contributed by atoms with E-state index in [4.69, 9.17) is 11.6 Å². The number of thioether (sulfide) groups is 2. The third-order valence-electron chi connectivity index (χ3n) is 3.01. The lowest BCUT2D eigenvalue weighted by Gasteiger charge is -2.06. The molecule has 0 aliphatic carbocycles. The van der Waals surface area contributed by atoms with Gasteiger partial charge in [0.2, 0.25) is 5.91 Å². The Morgan fingerprint density at radius 1 is 1.33 bits per heavy atom. The quantitative estimate of drug-likeness (QED) is 0.511. The van der Waals surface area contributed by atoms with Crippen LogP contribution in [-0.2, 0) is 11.3 Å². The molecule has 6 nitrogen and oxygen atoms in total. The highest BCUT2D eigenvalue weighted by Gasteiger charge is 2.10. The molecule has 24 heavy (non-hydrogen) atoms. The summed E-state index contributed by atoms with van der Waals surface area (Å²) in [6.45, 7) is 3.16. The Labute approximate surface area is 153 Å². The number of rotatable bonds is 9. The van der Waals surface area contributed by atoms with Gasteiger partial charge in [-0.3, -0.25) is 9.36 Å². The standard InChI is InChI=1S/C15H19ClN4O2S2/c1-2-8-20-14(22)18-19-15(20)24-10-13(21)17-7-9-23-12-5-3-11(16)4-6-12/h3-6H,2,7-10H2,1H3,(H,17,21)(H,18,22). The Hall–Kier alpha value is -1.38. The van der Waals surface area contributed by atoms with E-state index in [0.717, 1.165) is 17.1 Å². The molecule has 2 N–H and O–H groups in total. The predicted molar refractivity (Wildman–Crippen MR) is 99.0 cm³/mol. The number of hydrogen-bond acceptors (Lipinski definition) is 5. The third kappa shape index (κ3) is 5.92. The van der Waals surface area contributed by atoms with Crippen LogP contribution in [0.4, 0.5) is 0 Å². The van der Waals surface area contributed by atoms with E-state index in [1.54, 1.807) is 16.3 Å². The van der Waals surface area contributed by atoms with Crippen LogP contribution in [0.2, 0.25) is 5.02 Å².